The molecule has 0 saturated heterocycles. The van der Waals surface area contributed by atoms with Crippen molar-refractivity contribution in [2.45, 2.75) is 25.3 Å². The second-order valence-corrected chi connectivity index (χ2v) is 5.28. The Bertz CT molecular complexity index is 351. The summed E-state index contributed by atoms with van der Waals surface area (Å²) in [7, 11) is 0. The molecule has 0 radical (unpaired) electrons. The fourth-order valence-electron chi connectivity index (χ4n) is 1.39. The van der Waals surface area contributed by atoms with Gasteiger partial charge in [0.1, 0.15) is 0 Å². The normalized spacial score (nSPS) is 12.4. The van der Waals surface area contributed by atoms with Crippen LogP contribution in [0.5, 0.6) is 0 Å². The summed E-state index contributed by atoms with van der Waals surface area (Å²) < 4.78 is 0. The molecule has 94 valence electrons. The van der Waals surface area contributed by atoms with Gasteiger partial charge in [0.25, 0.3) is 0 Å². The Morgan fingerprint density at radius 1 is 1.41 bits per heavy atom. The summed E-state index contributed by atoms with van der Waals surface area (Å²) in [6.45, 7) is 5.05. The molecule has 0 aliphatic rings. The molecule has 0 fully saturated rings. The third-order valence-electron chi connectivity index (χ3n) is 2.44. The minimum Gasteiger partial charge on any atom is -0.481 e. The zero-order valence-electron chi connectivity index (χ0n) is 10.3. The highest BCUT2D eigenvalue weighted by atomic mass is 32.2. The van der Waals surface area contributed by atoms with Gasteiger partial charge in [-0.05, 0) is 23.4 Å². The molecule has 0 bridgehead atoms. The Labute approximate surface area is 107 Å². The fraction of sp³-hybridized carbons (Fsp3) is 0.462. The van der Waals surface area contributed by atoms with Crippen LogP contribution in [0.15, 0.2) is 29.2 Å². The van der Waals surface area contributed by atoms with Crippen molar-refractivity contribution in [3.63, 3.8) is 0 Å². The van der Waals surface area contributed by atoms with Crippen LogP contribution >= 0.6 is 11.8 Å². The summed E-state index contributed by atoms with van der Waals surface area (Å²) in [6.07, 6.45) is 0. The predicted octanol–water partition coefficient (Wildman–Crippen LogP) is 2.61. The Balaban J connectivity index is 2.34. The van der Waals surface area contributed by atoms with Crippen molar-refractivity contribution in [3.8, 4) is 0 Å². The number of carboxylic acids is 1. The minimum atomic E-state index is -0.757. The number of carboxylic acid groups (broad SMARTS) is 1. The topological polar surface area (TPSA) is 49.3 Å². The van der Waals surface area contributed by atoms with E-state index in [1.807, 2.05) is 11.8 Å². The zero-order chi connectivity index (χ0) is 12.7. The van der Waals surface area contributed by atoms with E-state index in [2.05, 4.69) is 36.5 Å². The van der Waals surface area contributed by atoms with Crippen LogP contribution in [0, 0.1) is 5.92 Å². The lowest BCUT2D eigenvalue weighted by atomic mass is 10.1. The van der Waals surface area contributed by atoms with Crippen molar-refractivity contribution >= 4 is 17.7 Å². The van der Waals surface area contributed by atoms with Crippen LogP contribution in [-0.4, -0.2) is 23.4 Å². The lowest BCUT2D eigenvalue weighted by Gasteiger charge is -2.08. The highest BCUT2D eigenvalue weighted by Gasteiger charge is 2.09. The number of nitrogens with one attached hydrogen (secondary N) is 1. The quantitative estimate of drug-likeness (QED) is 0.733. The van der Waals surface area contributed by atoms with Crippen LogP contribution in [0.1, 0.15) is 19.4 Å². The van der Waals surface area contributed by atoms with E-state index in [1.54, 1.807) is 6.92 Å². The molecule has 2 N–H and O–H groups in total. The number of carbonyl (C=O) groups is 1. The van der Waals surface area contributed by atoms with Gasteiger partial charge in [-0.2, -0.15) is 0 Å². The van der Waals surface area contributed by atoms with Crippen molar-refractivity contribution in [2.24, 2.45) is 5.92 Å². The first-order chi connectivity index (χ1) is 8.13. The fourth-order valence-corrected chi connectivity index (χ4v) is 2.05. The lowest BCUT2D eigenvalue weighted by Crippen LogP contribution is -2.25. The summed E-state index contributed by atoms with van der Waals surface area (Å²) >= 11 is 1.82. The van der Waals surface area contributed by atoms with Gasteiger partial charge in [0.2, 0.25) is 0 Å². The highest BCUT2D eigenvalue weighted by molar-refractivity contribution is 7.99. The van der Waals surface area contributed by atoms with E-state index >= 15 is 0 Å². The second-order valence-electron chi connectivity index (χ2n) is 3.95. The van der Waals surface area contributed by atoms with E-state index in [1.165, 1.54) is 10.5 Å². The predicted molar refractivity (Wildman–Crippen MR) is 71.3 cm³/mol. The third kappa shape index (κ3) is 5.24. The molecular weight excluding hydrogens is 234 g/mol. The van der Waals surface area contributed by atoms with Crippen molar-refractivity contribution in [3.05, 3.63) is 29.8 Å². The van der Waals surface area contributed by atoms with Gasteiger partial charge in [-0.15, -0.1) is 11.8 Å². The first-order valence-electron chi connectivity index (χ1n) is 5.78. The molecule has 0 aliphatic heterocycles. The first kappa shape index (κ1) is 14.1. The molecule has 1 aromatic rings. The zero-order valence-corrected chi connectivity index (χ0v) is 11.1. The lowest BCUT2D eigenvalue weighted by molar-refractivity contribution is -0.140. The van der Waals surface area contributed by atoms with Crippen LogP contribution in [0.4, 0.5) is 0 Å². The van der Waals surface area contributed by atoms with E-state index in [0.717, 1.165) is 5.75 Å². The van der Waals surface area contributed by atoms with Gasteiger partial charge in [-0.25, -0.2) is 0 Å². The van der Waals surface area contributed by atoms with Gasteiger partial charge in [0.15, 0.2) is 0 Å². The molecule has 3 nitrogen and oxygen atoms in total. The molecule has 17 heavy (non-hydrogen) atoms. The molecule has 0 amide bonds. The van der Waals surface area contributed by atoms with Gasteiger partial charge in [0, 0.05) is 18.0 Å². The summed E-state index contributed by atoms with van der Waals surface area (Å²) in [5, 5.41) is 11.9. The smallest absolute Gasteiger partial charge is 0.307 e. The van der Waals surface area contributed by atoms with Gasteiger partial charge in [-0.1, -0.05) is 26.0 Å². The van der Waals surface area contributed by atoms with Crippen LogP contribution < -0.4 is 5.32 Å². The first-order valence-corrected chi connectivity index (χ1v) is 6.77. The summed E-state index contributed by atoms with van der Waals surface area (Å²) in [5.41, 5.74) is 1.18. The molecule has 1 aromatic carbocycles. The second kappa shape index (κ2) is 7.35. The molecule has 1 atom stereocenters. The molecular formula is C13H19NO2S. The van der Waals surface area contributed by atoms with Crippen LogP contribution in [0.3, 0.4) is 0 Å². The molecule has 1 unspecified atom stereocenters. The molecule has 0 spiro atoms. The van der Waals surface area contributed by atoms with Crippen LogP contribution in [0.2, 0.25) is 0 Å². The monoisotopic (exact) mass is 253 g/mol. The van der Waals surface area contributed by atoms with Gasteiger partial charge in [-0.3, -0.25) is 4.79 Å². The number of rotatable bonds is 7. The number of hydrogen-bond donors (Lipinski definition) is 2. The van der Waals surface area contributed by atoms with Crippen molar-refractivity contribution in [2.75, 3.05) is 12.3 Å². The maximum absolute atomic E-state index is 10.6. The maximum atomic E-state index is 10.6. The Morgan fingerprint density at radius 2 is 2.06 bits per heavy atom. The number of thioether (sulfide) groups is 1. The van der Waals surface area contributed by atoms with Crippen LogP contribution in [0.25, 0.3) is 0 Å². The Hall–Kier alpha value is -1.00. The summed E-state index contributed by atoms with van der Waals surface area (Å²) in [6, 6.07) is 8.37. The highest BCUT2D eigenvalue weighted by Crippen LogP contribution is 2.17. The van der Waals surface area contributed by atoms with Crippen molar-refractivity contribution < 1.29 is 9.90 Å². The molecule has 1 rings (SSSR count). The van der Waals surface area contributed by atoms with Gasteiger partial charge >= 0.3 is 5.97 Å². The van der Waals surface area contributed by atoms with E-state index < -0.39 is 5.97 Å². The molecule has 0 saturated carbocycles. The maximum Gasteiger partial charge on any atom is 0.307 e. The third-order valence-corrected chi connectivity index (χ3v) is 3.33. The molecule has 4 heteroatoms. The largest absolute Gasteiger partial charge is 0.481 e. The minimum absolute atomic E-state index is 0.343. The van der Waals surface area contributed by atoms with E-state index in [9.17, 15) is 4.79 Å². The summed E-state index contributed by atoms with van der Waals surface area (Å²) in [4.78, 5) is 11.9. The summed E-state index contributed by atoms with van der Waals surface area (Å²) in [5.74, 6) is -0.0228. The Kier molecular flexibility index (Phi) is 6.08. The Morgan fingerprint density at radius 3 is 2.59 bits per heavy atom. The van der Waals surface area contributed by atoms with E-state index in [-0.39, 0.29) is 5.92 Å². The molecule has 0 aromatic heterocycles. The van der Waals surface area contributed by atoms with Crippen LogP contribution in [-0.2, 0) is 11.3 Å². The molecule has 0 aliphatic carbocycles. The van der Waals surface area contributed by atoms with Crippen molar-refractivity contribution in [1.82, 2.24) is 5.32 Å². The molecule has 0 heterocycles. The number of hydrogen-bond acceptors (Lipinski definition) is 3. The van der Waals surface area contributed by atoms with Gasteiger partial charge < -0.3 is 10.4 Å². The van der Waals surface area contributed by atoms with Crippen molar-refractivity contribution in [1.29, 1.82) is 0 Å². The van der Waals surface area contributed by atoms with E-state index in [4.69, 9.17) is 5.11 Å². The van der Waals surface area contributed by atoms with E-state index in [0.29, 0.717) is 13.1 Å². The average Bonchev–Trinajstić information content (AvgIpc) is 2.31. The number of benzene rings is 1. The SMILES string of the molecule is CCSc1ccc(CNCC(C)C(=O)O)cc1. The average molecular weight is 253 g/mol. The number of aliphatic carboxylic acids is 1. The van der Waals surface area contributed by atoms with Gasteiger partial charge in [0.05, 0.1) is 5.92 Å². The standard InChI is InChI=1S/C13H19NO2S/c1-3-17-12-6-4-11(5-7-12)9-14-8-10(2)13(15)16/h4-7,10,14H,3,8-9H2,1-2H3,(H,15,16).